The number of amides is 1. The fourth-order valence-corrected chi connectivity index (χ4v) is 6.06. The molecule has 2 atom stereocenters. The van der Waals surface area contributed by atoms with E-state index in [0.29, 0.717) is 28.2 Å². The van der Waals surface area contributed by atoms with Gasteiger partial charge in [-0.25, -0.2) is 9.78 Å². The molecule has 0 spiro atoms. The molecule has 0 bridgehead atoms. The molecule has 4 rings (SSSR count). The lowest BCUT2D eigenvalue weighted by Crippen LogP contribution is -2.46. The lowest BCUT2D eigenvalue weighted by atomic mass is 10.2. The standard InChI is InChI=1S/C17H19N3O4S2/c1-8-9(2)26-15-13(8)14(22)18-11(19-15)6-24-16(23)10-7-25-17(3)5-4-12(21)20(10)17/h10H,4-7H2,1-3H3,(H,18,19,22)/t10-,17-/m0/s1. The van der Waals surface area contributed by atoms with Crippen LogP contribution in [0.4, 0.5) is 0 Å². The first-order valence-corrected chi connectivity index (χ1v) is 10.2. The Kier molecular flexibility index (Phi) is 4.11. The van der Waals surface area contributed by atoms with Gasteiger partial charge < -0.3 is 14.6 Å². The number of thioether (sulfide) groups is 1. The first-order valence-electron chi connectivity index (χ1n) is 8.42. The Bertz CT molecular complexity index is 982. The van der Waals surface area contributed by atoms with Crippen LogP contribution in [0.5, 0.6) is 0 Å². The van der Waals surface area contributed by atoms with Crippen molar-refractivity contribution in [1.82, 2.24) is 14.9 Å². The summed E-state index contributed by atoms with van der Waals surface area (Å²) in [6, 6.07) is -0.568. The molecule has 7 nitrogen and oxygen atoms in total. The second kappa shape index (κ2) is 6.09. The van der Waals surface area contributed by atoms with Crippen molar-refractivity contribution in [2.24, 2.45) is 0 Å². The van der Waals surface area contributed by atoms with E-state index in [0.717, 1.165) is 16.9 Å². The van der Waals surface area contributed by atoms with Crippen LogP contribution in [0.15, 0.2) is 4.79 Å². The predicted molar refractivity (Wildman–Crippen MR) is 100 cm³/mol. The molecule has 4 heterocycles. The van der Waals surface area contributed by atoms with Crippen LogP contribution < -0.4 is 5.56 Å². The molecule has 2 aliphatic rings. The van der Waals surface area contributed by atoms with Crippen molar-refractivity contribution in [2.75, 3.05) is 5.75 Å². The summed E-state index contributed by atoms with van der Waals surface area (Å²) >= 11 is 3.07. The lowest BCUT2D eigenvalue weighted by molar-refractivity contribution is -0.154. The van der Waals surface area contributed by atoms with E-state index < -0.39 is 12.0 Å². The van der Waals surface area contributed by atoms with E-state index in [1.807, 2.05) is 20.8 Å². The summed E-state index contributed by atoms with van der Waals surface area (Å²) in [6.07, 6.45) is 1.22. The fourth-order valence-electron chi connectivity index (χ4n) is 3.60. The Morgan fingerprint density at radius 3 is 2.96 bits per heavy atom. The Hall–Kier alpha value is -1.87. The second-order valence-electron chi connectivity index (χ2n) is 6.85. The van der Waals surface area contributed by atoms with E-state index in [1.165, 1.54) is 11.3 Å². The molecule has 0 aromatic carbocycles. The Morgan fingerprint density at radius 2 is 2.19 bits per heavy atom. The van der Waals surface area contributed by atoms with E-state index in [1.54, 1.807) is 16.7 Å². The van der Waals surface area contributed by atoms with Gasteiger partial charge in [0, 0.05) is 17.1 Å². The van der Waals surface area contributed by atoms with Gasteiger partial charge in [0.2, 0.25) is 5.91 Å². The molecule has 0 radical (unpaired) electrons. The number of H-pyrrole nitrogens is 1. The van der Waals surface area contributed by atoms with Crippen molar-refractivity contribution >= 4 is 45.2 Å². The van der Waals surface area contributed by atoms with Crippen molar-refractivity contribution < 1.29 is 14.3 Å². The third kappa shape index (κ3) is 2.64. The van der Waals surface area contributed by atoms with Crippen molar-refractivity contribution in [1.29, 1.82) is 0 Å². The van der Waals surface area contributed by atoms with Gasteiger partial charge in [0.15, 0.2) is 0 Å². The van der Waals surface area contributed by atoms with Gasteiger partial charge in [0.05, 0.1) is 10.3 Å². The van der Waals surface area contributed by atoms with Gasteiger partial charge in [-0.15, -0.1) is 23.1 Å². The van der Waals surface area contributed by atoms with E-state index >= 15 is 0 Å². The molecule has 2 aliphatic heterocycles. The summed E-state index contributed by atoms with van der Waals surface area (Å²) in [5.74, 6) is 0.404. The third-order valence-corrected chi connectivity index (χ3v) is 7.76. The molecule has 0 saturated carbocycles. The van der Waals surface area contributed by atoms with Gasteiger partial charge >= 0.3 is 5.97 Å². The molecular formula is C17H19N3O4S2. The summed E-state index contributed by atoms with van der Waals surface area (Å²) in [5.41, 5.74) is 0.707. The molecule has 9 heteroatoms. The van der Waals surface area contributed by atoms with Crippen LogP contribution in [0.3, 0.4) is 0 Å². The maximum Gasteiger partial charge on any atom is 0.330 e. The largest absolute Gasteiger partial charge is 0.456 e. The van der Waals surface area contributed by atoms with Gasteiger partial charge in [-0.05, 0) is 32.8 Å². The Morgan fingerprint density at radius 1 is 1.42 bits per heavy atom. The quantitative estimate of drug-likeness (QED) is 0.803. The third-order valence-electron chi connectivity index (χ3n) is 5.16. The number of ether oxygens (including phenoxy) is 1. The van der Waals surface area contributed by atoms with Crippen LogP contribution >= 0.6 is 23.1 Å². The maximum absolute atomic E-state index is 12.5. The maximum atomic E-state index is 12.5. The number of thiophene rings is 1. The smallest absolute Gasteiger partial charge is 0.330 e. The molecule has 0 unspecified atom stereocenters. The molecular weight excluding hydrogens is 374 g/mol. The zero-order valence-electron chi connectivity index (χ0n) is 14.7. The number of rotatable bonds is 3. The molecule has 0 aliphatic carbocycles. The van der Waals surface area contributed by atoms with E-state index in [9.17, 15) is 14.4 Å². The van der Waals surface area contributed by atoms with Gasteiger partial charge in [0.1, 0.15) is 23.3 Å². The number of carbonyl (C=O) groups is 2. The second-order valence-corrected chi connectivity index (χ2v) is 9.55. The molecule has 1 amide bonds. The molecule has 2 saturated heterocycles. The average Bonchev–Trinajstić information content (AvgIpc) is 3.18. The summed E-state index contributed by atoms with van der Waals surface area (Å²) < 4.78 is 5.38. The van der Waals surface area contributed by atoms with Gasteiger partial charge in [-0.1, -0.05) is 0 Å². The number of hydrogen-bond donors (Lipinski definition) is 1. The highest BCUT2D eigenvalue weighted by Gasteiger charge is 2.53. The molecule has 2 fully saturated rings. The van der Waals surface area contributed by atoms with Crippen molar-refractivity contribution in [3.63, 3.8) is 0 Å². The van der Waals surface area contributed by atoms with Crippen molar-refractivity contribution in [3.8, 4) is 0 Å². The minimum Gasteiger partial charge on any atom is -0.456 e. The fraction of sp³-hybridized carbons (Fsp3) is 0.529. The van der Waals surface area contributed by atoms with Crippen LogP contribution in [0.25, 0.3) is 10.2 Å². The van der Waals surface area contributed by atoms with Gasteiger partial charge in [-0.3, -0.25) is 9.59 Å². The van der Waals surface area contributed by atoms with Crippen molar-refractivity contribution in [3.05, 3.63) is 26.6 Å². The number of nitrogens with zero attached hydrogens (tertiary/aromatic N) is 2. The molecule has 26 heavy (non-hydrogen) atoms. The summed E-state index contributed by atoms with van der Waals surface area (Å²) in [7, 11) is 0. The highest BCUT2D eigenvalue weighted by atomic mass is 32.2. The number of hydrogen-bond acceptors (Lipinski definition) is 7. The topological polar surface area (TPSA) is 92.4 Å². The van der Waals surface area contributed by atoms with Crippen LogP contribution in [-0.2, 0) is 20.9 Å². The first kappa shape index (κ1) is 17.5. The highest BCUT2D eigenvalue weighted by Crippen LogP contribution is 2.47. The number of aryl methyl sites for hydroxylation is 2. The zero-order valence-corrected chi connectivity index (χ0v) is 16.4. The predicted octanol–water partition coefficient (Wildman–Crippen LogP) is 2.10. The van der Waals surface area contributed by atoms with Crippen LogP contribution in [-0.4, -0.2) is 43.4 Å². The number of nitrogens with one attached hydrogen (secondary N) is 1. The Labute approximate surface area is 158 Å². The minimum absolute atomic E-state index is 0.00284. The van der Waals surface area contributed by atoms with Crippen molar-refractivity contribution in [2.45, 2.75) is 51.1 Å². The van der Waals surface area contributed by atoms with Crippen LogP contribution in [0, 0.1) is 13.8 Å². The summed E-state index contributed by atoms with van der Waals surface area (Å²) in [6.45, 7) is 5.72. The van der Waals surface area contributed by atoms with Crippen LogP contribution in [0.2, 0.25) is 0 Å². The number of carbonyl (C=O) groups excluding carboxylic acids is 2. The number of fused-ring (bicyclic) bond motifs is 2. The average molecular weight is 393 g/mol. The summed E-state index contributed by atoms with van der Waals surface area (Å²) in [4.78, 5) is 47.1. The van der Waals surface area contributed by atoms with Gasteiger partial charge in [-0.2, -0.15) is 0 Å². The lowest BCUT2D eigenvalue weighted by Gasteiger charge is -2.29. The first-order chi connectivity index (χ1) is 12.3. The van der Waals surface area contributed by atoms with E-state index in [2.05, 4.69) is 9.97 Å². The molecule has 2 aromatic rings. The summed E-state index contributed by atoms with van der Waals surface area (Å²) in [5, 5.41) is 0.591. The minimum atomic E-state index is -0.568. The monoisotopic (exact) mass is 393 g/mol. The van der Waals surface area contributed by atoms with Gasteiger partial charge in [0.25, 0.3) is 5.56 Å². The Balaban J connectivity index is 1.51. The van der Waals surface area contributed by atoms with Crippen LogP contribution in [0.1, 0.15) is 36.0 Å². The number of esters is 1. The van der Waals surface area contributed by atoms with E-state index in [-0.39, 0.29) is 22.9 Å². The molecule has 138 valence electrons. The SMILES string of the molecule is Cc1sc2nc(COC(=O)[C@@H]3CS[C@@]4(C)CCC(=O)N34)[nH]c(=O)c2c1C. The zero-order chi connectivity index (χ0) is 18.6. The number of aromatic amines is 1. The highest BCUT2D eigenvalue weighted by molar-refractivity contribution is 8.01. The normalized spacial score (nSPS) is 25.1. The van der Waals surface area contributed by atoms with E-state index in [4.69, 9.17) is 4.74 Å². The number of aromatic nitrogens is 2. The molecule has 1 N–H and O–H groups in total. The molecule has 2 aromatic heterocycles.